The fourth-order valence-electron chi connectivity index (χ4n) is 4.45. The molecule has 0 saturated carbocycles. The van der Waals surface area contributed by atoms with Crippen molar-refractivity contribution in [1.29, 1.82) is 0 Å². The van der Waals surface area contributed by atoms with E-state index in [0.29, 0.717) is 37.7 Å². The molecule has 0 aliphatic carbocycles. The van der Waals surface area contributed by atoms with E-state index in [0.717, 1.165) is 34.0 Å². The van der Waals surface area contributed by atoms with Crippen LogP contribution in [0.3, 0.4) is 0 Å². The molecule has 0 radical (unpaired) electrons. The van der Waals surface area contributed by atoms with Gasteiger partial charge in [0.1, 0.15) is 5.75 Å². The SMILES string of the molecule is COc1ccc(-c2ccc(N3CCN(C(=O)COc4c(C)cc(C)cc4C)CC3)nn2)cc1OC. The Kier molecular flexibility index (Phi) is 7.39. The molecule has 1 aromatic heterocycles. The average Bonchev–Trinajstić information content (AvgIpc) is 2.87. The number of aryl methyl sites for hydroxylation is 3. The molecule has 2 aromatic carbocycles. The van der Waals surface area contributed by atoms with Gasteiger partial charge in [0.15, 0.2) is 23.9 Å². The third-order valence-corrected chi connectivity index (χ3v) is 6.23. The first-order valence-electron chi connectivity index (χ1n) is 11.7. The number of aromatic nitrogens is 2. The number of anilines is 1. The van der Waals surface area contributed by atoms with Gasteiger partial charge in [-0.15, -0.1) is 10.2 Å². The van der Waals surface area contributed by atoms with E-state index in [2.05, 4.69) is 34.2 Å². The Balaban J connectivity index is 1.33. The van der Waals surface area contributed by atoms with Crippen molar-refractivity contribution in [3.63, 3.8) is 0 Å². The third-order valence-electron chi connectivity index (χ3n) is 6.23. The molecular weight excluding hydrogens is 444 g/mol. The minimum absolute atomic E-state index is 0.00101. The second-order valence-corrected chi connectivity index (χ2v) is 8.73. The Morgan fingerprint density at radius 3 is 2.14 bits per heavy atom. The fraction of sp³-hybridized carbons (Fsp3) is 0.370. The summed E-state index contributed by atoms with van der Waals surface area (Å²) < 4.78 is 16.6. The van der Waals surface area contributed by atoms with Crippen molar-refractivity contribution in [2.45, 2.75) is 20.8 Å². The Bertz CT molecular complexity index is 1170. The molecule has 1 aliphatic heterocycles. The molecule has 8 heteroatoms. The molecule has 0 unspecified atom stereocenters. The molecule has 35 heavy (non-hydrogen) atoms. The zero-order valence-corrected chi connectivity index (χ0v) is 21.0. The zero-order valence-electron chi connectivity index (χ0n) is 21.0. The molecule has 0 N–H and O–H groups in total. The normalized spacial score (nSPS) is 13.5. The summed E-state index contributed by atoms with van der Waals surface area (Å²) in [6.45, 7) is 8.75. The number of benzene rings is 2. The highest BCUT2D eigenvalue weighted by atomic mass is 16.5. The first-order valence-corrected chi connectivity index (χ1v) is 11.7. The number of ether oxygens (including phenoxy) is 3. The molecule has 1 amide bonds. The van der Waals surface area contributed by atoms with Crippen LogP contribution in [0.15, 0.2) is 42.5 Å². The van der Waals surface area contributed by atoms with Gasteiger partial charge in [0.2, 0.25) is 0 Å². The number of rotatable bonds is 7. The minimum atomic E-state index is -0.00101. The minimum Gasteiger partial charge on any atom is -0.493 e. The molecule has 4 rings (SSSR count). The second-order valence-electron chi connectivity index (χ2n) is 8.73. The molecule has 0 bridgehead atoms. The summed E-state index contributed by atoms with van der Waals surface area (Å²) in [5.74, 6) is 2.91. The van der Waals surface area contributed by atoms with Crippen LogP contribution in [0.4, 0.5) is 5.82 Å². The largest absolute Gasteiger partial charge is 0.493 e. The number of nitrogens with zero attached hydrogens (tertiary/aromatic N) is 4. The van der Waals surface area contributed by atoms with E-state index in [1.165, 1.54) is 5.56 Å². The van der Waals surface area contributed by atoms with E-state index in [4.69, 9.17) is 14.2 Å². The van der Waals surface area contributed by atoms with Gasteiger partial charge in [-0.05, 0) is 62.2 Å². The van der Waals surface area contributed by atoms with Gasteiger partial charge >= 0.3 is 0 Å². The van der Waals surface area contributed by atoms with Crippen LogP contribution >= 0.6 is 0 Å². The van der Waals surface area contributed by atoms with Crippen molar-refractivity contribution >= 4 is 11.7 Å². The lowest BCUT2D eigenvalue weighted by atomic mass is 10.1. The monoisotopic (exact) mass is 476 g/mol. The van der Waals surface area contributed by atoms with Gasteiger partial charge in [-0.2, -0.15) is 0 Å². The molecule has 184 valence electrons. The predicted molar refractivity (Wildman–Crippen MR) is 136 cm³/mol. The summed E-state index contributed by atoms with van der Waals surface area (Å²) in [5.41, 5.74) is 4.94. The molecule has 1 fully saturated rings. The molecular formula is C27H32N4O4. The Hall–Kier alpha value is -3.81. The van der Waals surface area contributed by atoms with Crippen molar-refractivity contribution in [2.24, 2.45) is 0 Å². The van der Waals surface area contributed by atoms with Crippen molar-refractivity contribution < 1.29 is 19.0 Å². The Labute approximate surface area is 206 Å². The van der Waals surface area contributed by atoms with Crippen molar-refractivity contribution in [3.05, 3.63) is 59.2 Å². The molecule has 3 aromatic rings. The summed E-state index contributed by atoms with van der Waals surface area (Å²) in [4.78, 5) is 16.7. The van der Waals surface area contributed by atoms with Crippen LogP contribution in [-0.2, 0) is 4.79 Å². The van der Waals surface area contributed by atoms with Crippen LogP contribution in [-0.4, -0.2) is 68.0 Å². The van der Waals surface area contributed by atoms with Gasteiger partial charge < -0.3 is 24.0 Å². The van der Waals surface area contributed by atoms with Crippen LogP contribution in [0.25, 0.3) is 11.3 Å². The highest BCUT2D eigenvalue weighted by Gasteiger charge is 2.23. The van der Waals surface area contributed by atoms with Gasteiger partial charge in [0.05, 0.1) is 19.9 Å². The number of hydrogen-bond acceptors (Lipinski definition) is 7. The predicted octanol–water partition coefficient (Wildman–Crippen LogP) is 3.81. The first kappa shape index (κ1) is 24.3. The van der Waals surface area contributed by atoms with Gasteiger partial charge in [0, 0.05) is 31.7 Å². The average molecular weight is 477 g/mol. The van der Waals surface area contributed by atoms with Crippen molar-refractivity contribution in [1.82, 2.24) is 15.1 Å². The zero-order chi connectivity index (χ0) is 24.9. The van der Waals surface area contributed by atoms with Gasteiger partial charge in [-0.25, -0.2) is 0 Å². The Morgan fingerprint density at radius 1 is 0.857 bits per heavy atom. The summed E-state index contributed by atoms with van der Waals surface area (Å²) in [6.07, 6.45) is 0. The maximum absolute atomic E-state index is 12.7. The lowest BCUT2D eigenvalue weighted by Gasteiger charge is -2.35. The Morgan fingerprint density at radius 2 is 1.54 bits per heavy atom. The lowest BCUT2D eigenvalue weighted by Crippen LogP contribution is -2.50. The van der Waals surface area contributed by atoms with E-state index in [1.54, 1.807) is 14.2 Å². The number of piperazine rings is 1. The number of amides is 1. The highest BCUT2D eigenvalue weighted by molar-refractivity contribution is 5.78. The van der Waals surface area contributed by atoms with Crippen molar-refractivity contribution in [2.75, 3.05) is 51.9 Å². The van der Waals surface area contributed by atoms with E-state index in [1.807, 2.05) is 49.1 Å². The highest BCUT2D eigenvalue weighted by Crippen LogP contribution is 2.31. The number of carbonyl (C=O) groups is 1. The lowest BCUT2D eigenvalue weighted by molar-refractivity contribution is -0.133. The topological polar surface area (TPSA) is 77.0 Å². The molecule has 8 nitrogen and oxygen atoms in total. The second kappa shape index (κ2) is 10.6. The van der Waals surface area contributed by atoms with Crippen LogP contribution in [0, 0.1) is 20.8 Å². The van der Waals surface area contributed by atoms with Crippen LogP contribution < -0.4 is 19.1 Å². The fourth-order valence-corrected chi connectivity index (χ4v) is 4.45. The smallest absolute Gasteiger partial charge is 0.260 e. The molecule has 1 saturated heterocycles. The van der Waals surface area contributed by atoms with E-state index in [9.17, 15) is 4.79 Å². The van der Waals surface area contributed by atoms with Crippen molar-refractivity contribution in [3.8, 4) is 28.5 Å². The third kappa shape index (κ3) is 5.48. The summed E-state index contributed by atoms with van der Waals surface area (Å²) in [7, 11) is 3.22. The summed E-state index contributed by atoms with van der Waals surface area (Å²) in [6, 6.07) is 13.7. The van der Waals surface area contributed by atoms with Gasteiger partial charge in [-0.1, -0.05) is 17.7 Å². The van der Waals surface area contributed by atoms with E-state index in [-0.39, 0.29) is 12.5 Å². The summed E-state index contributed by atoms with van der Waals surface area (Å²) in [5, 5.41) is 8.83. The van der Waals surface area contributed by atoms with E-state index < -0.39 is 0 Å². The van der Waals surface area contributed by atoms with Crippen LogP contribution in [0.5, 0.6) is 17.2 Å². The quantitative estimate of drug-likeness (QED) is 0.513. The van der Waals surface area contributed by atoms with Gasteiger partial charge in [-0.3, -0.25) is 4.79 Å². The molecule has 1 aliphatic rings. The number of hydrogen-bond donors (Lipinski definition) is 0. The molecule has 0 spiro atoms. The number of methoxy groups -OCH3 is 2. The van der Waals surface area contributed by atoms with E-state index >= 15 is 0 Å². The first-order chi connectivity index (χ1) is 16.9. The van der Waals surface area contributed by atoms with Crippen LogP contribution in [0.1, 0.15) is 16.7 Å². The maximum Gasteiger partial charge on any atom is 0.260 e. The molecule has 0 atom stereocenters. The maximum atomic E-state index is 12.7. The standard InChI is InChI=1S/C27H32N4O4/c1-18-14-19(2)27(20(3)15-18)35-17-26(32)31-12-10-30(11-13-31)25-9-7-22(28-29-25)21-6-8-23(33-4)24(16-21)34-5/h6-9,14-16H,10-13,17H2,1-5H3. The molecule has 2 heterocycles. The van der Waals surface area contributed by atoms with Crippen LogP contribution in [0.2, 0.25) is 0 Å². The number of carbonyl (C=O) groups excluding carboxylic acids is 1. The van der Waals surface area contributed by atoms with Gasteiger partial charge in [0.25, 0.3) is 5.91 Å². The summed E-state index contributed by atoms with van der Waals surface area (Å²) >= 11 is 0.